The van der Waals surface area contributed by atoms with Crippen LogP contribution in [0.2, 0.25) is 0 Å². The first-order valence-corrected chi connectivity index (χ1v) is 8.78. The third kappa shape index (κ3) is 2.61. The molecule has 2 aromatic carbocycles. The van der Waals surface area contributed by atoms with Gasteiger partial charge in [-0.25, -0.2) is 4.57 Å². The third-order valence-corrected chi connectivity index (χ3v) is 6.37. The molecule has 0 spiro atoms. The van der Waals surface area contributed by atoms with Gasteiger partial charge in [0.1, 0.15) is 11.5 Å². The fraction of sp³-hybridized carbons (Fsp3) is 0.0714. The third-order valence-electron chi connectivity index (χ3n) is 3.01. The molecule has 0 amide bonds. The van der Waals surface area contributed by atoms with Gasteiger partial charge >= 0.3 is 11.1 Å². The summed E-state index contributed by atoms with van der Waals surface area (Å²) in [6.45, 7) is 0. The molecule has 22 heavy (non-hydrogen) atoms. The maximum Gasteiger partial charge on any atom is 0.482 e. The topological polar surface area (TPSA) is 52.6 Å². The molecule has 0 aromatic heterocycles. The minimum Gasteiger partial charge on any atom is -0.412 e. The molecule has 1 heterocycles. The van der Waals surface area contributed by atoms with Gasteiger partial charge in [0.2, 0.25) is 5.78 Å². The second-order valence-electron chi connectivity index (χ2n) is 4.47. The van der Waals surface area contributed by atoms with Crippen molar-refractivity contribution in [1.29, 1.82) is 0 Å². The fourth-order valence-electron chi connectivity index (χ4n) is 1.99. The summed E-state index contributed by atoms with van der Waals surface area (Å²) in [6.07, 6.45) is 0. The lowest BCUT2D eigenvalue weighted by Gasteiger charge is -2.28. The summed E-state index contributed by atoms with van der Waals surface area (Å²) in [5, 5.41) is 0. The average Bonchev–Trinajstić information content (AvgIpc) is 2.45. The van der Waals surface area contributed by atoms with Crippen LogP contribution in [0.25, 0.3) is 0 Å². The Morgan fingerprint density at radius 1 is 0.818 bits per heavy atom. The molecule has 0 saturated heterocycles. The number of para-hydroxylation sites is 2. The summed E-state index contributed by atoms with van der Waals surface area (Å²) in [5.41, 5.74) is 0.431. The molecule has 8 heteroatoms. The van der Waals surface area contributed by atoms with E-state index in [0.717, 1.165) is 0 Å². The van der Waals surface area contributed by atoms with Gasteiger partial charge < -0.3 is 9.05 Å². The number of benzene rings is 2. The van der Waals surface area contributed by atoms with Crippen LogP contribution >= 0.6 is 42.4 Å². The van der Waals surface area contributed by atoms with Crippen LogP contribution in [0.3, 0.4) is 0 Å². The van der Waals surface area contributed by atoms with E-state index in [1.165, 1.54) is 12.1 Å². The molecule has 3 rings (SSSR count). The van der Waals surface area contributed by atoms with Gasteiger partial charge in [-0.2, -0.15) is 0 Å². The van der Waals surface area contributed by atoms with E-state index in [2.05, 4.69) is 0 Å². The number of fused-ring (bicyclic) bond motifs is 2. The van der Waals surface area contributed by atoms with Gasteiger partial charge in [0, 0.05) is 0 Å². The number of carbonyl (C=O) groups is 1. The highest BCUT2D eigenvalue weighted by Crippen LogP contribution is 2.66. The smallest absolute Gasteiger partial charge is 0.412 e. The van der Waals surface area contributed by atoms with Crippen molar-refractivity contribution in [3.63, 3.8) is 0 Å². The van der Waals surface area contributed by atoms with Gasteiger partial charge in [0.15, 0.2) is 0 Å². The van der Waals surface area contributed by atoms with Gasteiger partial charge in [-0.1, -0.05) is 59.1 Å². The highest BCUT2D eigenvalue weighted by Gasteiger charge is 2.52. The van der Waals surface area contributed by atoms with Gasteiger partial charge in [0.05, 0.1) is 11.1 Å². The quantitative estimate of drug-likeness (QED) is 0.467. The molecule has 1 aliphatic heterocycles. The maximum atomic E-state index is 12.9. The van der Waals surface area contributed by atoms with E-state index in [1.54, 1.807) is 36.4 Å². The van der Waals surface area contributed by atoms with Crippen molar-refractivity contribution < 1.29 is 18.4 Å². The Hall–Kier alpha value is -1.19. The molecule has 0 saturated carbocycles. The normalized spacial score (nSPS) is 16.4. The average molecular weight is 378 g/mol. The maximum absolute atomic E-state index is 12.9. The van der Waals surface area contributed by atoms with Crippen LogP contribution in [0.4, 0.5) is 0 Å². The Kier molecular flexibility index (Phi) is 3.90. The van der Waals surface area contributed by atoms with Crippen molar-refractivity contribution in [3.05, 3.63) is 59.7 Å². The number of hydrogen-bond acceptors (Lipinski definition) is 4. The number of ketones is 1. The van der Waals surface area contributed by atoms with Crippen LogP contribution < -0.4 is 9.05 Å². The predicted octanol–water partition coefficient (Wildman–Crippen LogP) is 5.21. The van der Waals surface area contributed by atoms with Gasteiger partial charge in [-0.05, 0) is 24.3 Å². The molecule has 0 aliphatic carbocycles. The molecule has 0 N–H and O–H groups in total. The molecule has 0 fully saturated rings. The lowest BCUT2D eigenvalue weighted by molar-refractivity contribution is 0.103. The zero-order chi connectivity index (χ0) is 16.0. The SMILES string of the molecule is O=C1c2ccccc2OP(=O)(C(Cl)(Cl)Cl)Oc2ccccc21. The lowest BCUT2D eigenvalue weighted by Crippen LogP contribution is -2.19. The first-order chi connectivity index (χ1) is 10.3. The molecule has 0 unspecified atom stereocenters. The molecule has 0 atom stereocenters. The van der Waals surface area contributed by atoms with E-state index in [0.29, 0.717) is 0 Å². The van der Waals surface area contributed by atoms with Crippen LogP contribution in [0.15, 0.2) is 48.5 Å². The van der Waals surface area contributed by atoms with Crippen LogP contribution in [0, 0.1) is 0 Å². The number of rotatable bonds is 0. The predicted molar refractivity (Wildman–Crippen MR) is 85.5 cm³/mol. The zero-order valence-corrected chi connectivity index (χ0v) is 14.0. The highest BCUT2D eigenvalue weighted by atomic mass is 35.6. The highest BCUT2D eigenvalue weighted by molar-refractivity contribution is 7.63. The molecule has 114 valence electrons. The Balaban J connectivity index is 2.28. The van der Waals surface area contributed by atoms with Crippen molar-refractivity contribution in [3.8, 4) is 11.5 Å². The van der Waals surface area contributed by atoms with Crippen LogP contribution in [-0.2, 0) is 4.57 Å². The van der Waals surface area contributed by atoms with Crippen molar-refractivity contribution in [2.24, 2.45) is 0 Å². The van der Waals surface area contributed by atoms with Crippen molar-refractivity contribution in [2.45, 2.75) is 3.53 Å². The Morgan fingerprint density at radius 2 is 1.23 bits per heavy atom. The second kappa shape index (κ2) is 5.47. The standard InChI is InChI=1S/C14H8Cl3O4P/c15-14(16,17)22(19)20-11-7-3-1-5-9(11)13(18)10-6-2-4-8-12(10)21-22/h1-8H. The largest absolute Gasteiger partial charge is 0.482 e. The minimum absolute atomic E-state index is 0.0386. The zero-order valence-electron chi connectivity index (χ0n) is 10.8. The monoisotopic (exact) mass is 376 g/mol. The van der Waals surface area contributed by atoms with E-state index in [4.69, 9.17) is 43.9 Å². The van der Waals surface area contributed by atoms with Crippen molar-refractivity contribution in [2.75, 3.05) is 0 Å². The molecule has 1 aliphatic rings. The fourth-order valence-corrected chi connectivity index (χ4v) is 3.70. The first-order valence-electron chi connectivity index (χ1n) is 6.11. The summed E-state index contributed by atoms with van der Waals surface area (Å²) >= 11 is 17.3. The summed E-state index contributed by atoms with van der Waals surface area (Å²) in [6, 6.07) is 12.6. The molecule has 0 bridgehead atoms. The van der Waals surface area contributed by atoms with E-state index < -0.39 is 11.1 Å². The van der Waals surface area contributed by atoms with Gasteiger partial charge in [-0.3, -0.25) is 4.79 Å². The molecular formula is C14H8Cl3O4P. The van der Waals surface area contributed by atoms with Crippen LogP contribution in [0.1, 0.15) is 15.9 Å². The molecule has 0 radical (unpaired) electrons. The summed E-state index contributed by atoms with van der Waals surface area (Å²) in [7, 11) is -4.22. The van der Waals surface area contributed by atoms with E-state index in [1.807, 2.05) is 0 Å². The van der Waals surface area contributed by atoms with Crippen LogP contribution in [-0.4, -0.2) is 9.32 Å². The Labute approximate surface area is 141 Å². The summed E-state index contributed by atoms with van der Waals surface area (Å²) in [4.78, 5) is 12.6. The molecular weight excluding hydrogens is 369 g/mol. The number of halogens is 3. The summed E-state index contributed by atoms with van der Waals surface area (Å²) in [5.74, 6) is -0.255. The molecule has 4 nitrogen and oxygen atoms in total. The lowest BCUT2D eigenvalue weighted by atomic mass is 10.0. The number of alkyl halides is 3. The number of carbonyl (C=O) groups excluding carboxylic acids is 1. The van der Waals surface area contributed by atoms with Gasteiger partial charge in [-0.15, -0.1) is 0 Å². The van der Waals surface area contributed by atoms with E-state index in [9.17, 15) is 9.36 Å². The summed E-state index contributed by atoms with van der Waals surface area (Å²) < 4.78 is 21.3. The Bertz CT molecular complexity index is 745. The van der Waals surface area contributed by atoms with Crippen molar-refractivity contribution in [1.82, 2.24) is 0 Å². The Morgan fingerprint density at radius 3 is 1.64 bits per heavy atom. The van der Waals surface area contributed by atoms with Crippen molar-refractivity contribution >= 4 is 48.2 Å². The van der Waals surface area contributed by atoms with E-state index in [-0.39, 0.29) is 28.4 Å². The van der Waals surface area contributed by atoms with E-state index >= 15 is 0 Å². The second-order valence-corrected chi connectivity index (χ2v) is 9.57. The molecule has 2 aromatic rings. The van der Waals surface area contributed by atoms with Gasteiger partial charge in [0.25, 0.3) is 0 Å². The minimum atomic E-state index is -4.22. The number of hydrogen-bond donors (Lipinski definition) is 0. The van der Waals surface area contributed by atoms with Crippen LogP contribution in [0.5, 0.6) is 11.5 Å². The first kappa shape index (κ1) is 15.7.